The van der Waals surface area contributed by atoms with Gasteiger partial charge in [-0.05, 0) is 57.6 Å². The third-order valence-corrected chi connectivity index (χ3v) is 4.11. The van der Waals surface area contributed by atoms with Crippen LogP contribution < -0.4 is 5.32 Å². The summed E-state index contributed by atoms with van der Waals surface area (Å²) in [7, 11) is 2.04. The lowest BCUT2D eigenvalue weighted by Crippen LogP contribution is -2.57. The summed E-state index contributed by atoms with van der Waals surface area (Å²) < 4.78 is 6.31. The third kappa shape index (κ3) is 3.52. The molecule has 1 heterocycles. The molecular formula is C15H21BrN2O2. The highest BCUT2D eigenvalue weighted by Crippen LogP contribution is 2.27. The second-order valence-corrected chi connectivity index (χ2v) is 6.19. The molecule has 1 aromatic rings. The first-order valence-electron chi connectivity index (χ1n) is 6.95. The van der Waals surface area contributed by atoms with E-state index in [1.807, 2.05) is 38.2 Å². The molecule has 0 bridgehead atoms. The van der Waals surface area contributed by atoms with E-state index >= 15 is 0 Å². The Morgan fingerprint density at radius 2 is 2.15 bits per heavy atom. The molecule has 0 amide bonds. The molecule has 1 atom stereocenters. The summed E-state index contributed by atoms with van der Waals surface area (Å²) in [6, 6.07) is 7.88. The molecule has 0 saturated carbocycles. The van der Waals surface area contributed by atoms with Crippen molar-refractivity contribution in [1.29, 1.82) is 0 Å². The molecule has 1 aliphatic heterocycles. The largest absolute Gasteiger partial charge is 0.464 e. The maximum absolute atomic E-state index is 12.4. The van der Waals surface area contributed by atoms with Crippen LogP contribution in [0.5, 0.6) is 0 Å². The molecule has 1 saturated heterocycles. The Morgan fingerprint density at radius 1 is 1.45 bits per heavy atom. The summed E-state index contributed by atoms with van der Waals surface area (Å²) >= 11 is 3.42. The SMILES string of the molecule is CCOC(=O)C1(Nc2ccc(Br)cc2)CCCN(C)C1. The van der Waals surface area contributed by atoms with E-state index in [1.54, 1.807) is 0 Å². The normalized spacial score (nSPS) is 23.4. The lowest BCUT2D eigenvalue weighted by molar-refractivity contribution is -0.150. The van der Waals surface area contributed by atoms with Gasteiger partial charge in [0.1, 0.15) is 5.54 Å². The maximum atomic E-state index is 12.4. The molecule has 1 fully saturated rings. The predicted molar refractivity (Wildman–Crippen MR) is 83.9 cm³/mol. The number of piperidine rings is 1. The van der Waals surface area contributed by atoms with Gasteiger partial charge in [0.05, 0.1) is 6.61 Å². The van der Waals surface area contributed by atoms with Crippen LogP contribution in [0.25, 0.3) is 0 Å². The number of esters is 1. The summed E-state index contributed by atoms with van der Waals surface area (Å²) in [4.78, 5) is 14.6. The number of nitrogens with one attached hydrogen (secondary N) is 1. The zero-order valence-electron chi connectivity index (χ0n) is 12.0. The summed E-state index contributed by atoms with van der Waals surface area (Å²) in [5.41, 5.74) is 0.299. The van der Waals surface area contributed by atoms with Crippen LogP contribution in [0.4, 0.5) is 5.69 Å². The first kappa shape index (κ1) is 15.3. The zero-order valence-corrected chi connectivity index (χ0v) is 13.6. The van der Waals surface area contributed by atoms with Crippen LogP contribution in [0, 0.1) is 0 Å². The number of nitrogens with zero attached hydrogens (tertiary/aromatic N) is 1. The Hall–Kier alpha value is -1.07. The second kappa shape index (κ2) is 6.59. The van der Waals surface area contributed by atoms with E-state index in [4.69, 9.17) is 4.74 Å². The highest BCUT2D eigenvalue weighted by molar-refractivity contribution is 9.10. The first-order chi connectivity index (χ1) is 9.55. The fourth-order valence-corrected chi connectivity index (χ4v) is 2.93. The van der Waals surface area contributed by atoms with Gasteiger partial charge >= 0.3 is 5.97 Å². The quantitative estimate of drug-likeness (QED) is 0.855. The lowest BCUT2D eigenvalue weighted by atomic mass is 9.88. The Morgan fingerprint density at radius 3 is 2.75 bits per heavy atom. The summed E-state index contributed by atoms with van der Waals surface area (Å²) in [5, 5.41) is 3.40. The van der Waals surface area contributed by atoms with Gasteiger partial charge in [-0.15, -0.1) is 0 Å². The Balaban J connectivity index is 2.21. The zero-order chi connectivity index (χ0) is 14.6. The van der Waals surface area contributed by atoms with E-state index in [0.29, 0.717) is 13.2 Å². The molecule has 1 aliphatic rings. The van der Waals surface area contributed by atoms with E-state index in [2.05, 4.69) is 26.1 Å². The molecule has 0 spiro atoms. The topological polar surface area (TPSA) is 41.6 Å². The fourth-order valence-electron chi connectivity index (χ4n) is 2.67. The molecule has 110 valence electrons. The number of rotatable bonds is 4. The van der Waals surface area contributed by atoms with Crippen LogP contribution in [0.3, 0.4) is 0 Å². The van der Waals surface area contributed by atoms with Crippen molar-refractivity contribution in [3.8, 4) is 0 Å². The summed E-state index contributed by atoms with van der Waals surface area (Å²) in [5.74, 6) is -0.158. The number of benzene rings is 1. The molecule has 1 N–H and O–H groups in total. The third-order valence-electron chi connectivity index (χ3n) is 3.58. The minimum atomic E-state index is -0.642. The van der Waals surface area contributed by atoms with E-state index in [-0.39, 0.29) is 5.97 Å². The maximum Gasteiger partial charge on any atom is 0.333 e. The number of hydrogen-bond acceptors (Lipinski definition) is 4. The van der Waals surface area contributed by atoms with Gasteiger partial charge in [-0.2, -0.15) is 0 Å². The van der Waals surface area contributed by atoms with Crippen molar-refractivity contribution in [1.82, 2.24) is 4.90 Å². The minimum Gasteiger partial charge on any atom is -0.464 e. The monoisotopic (exact) mass is 340 g/mol. The van der Waals surface area contributed by atoms with E-state index in [1.165, 1.54) is 0 Å². The summed E-state index contributed by atoms with van der Waals surface area (Å²) in [6.45, 7) is 3.94. The van der Waals surface area contributed by atoms with Crippen LogP contribution in [0.1, 0.15) is 19.8 Å². The van der Waals surface area contributed by atoms with E-state index < -0.39 is 5.54 Å². The van der Waals surface area contributed by atoms with Crippen LogP contribution in [-0.4, -0.2) is 43.2 Å². The molecular weight excluding hydrogens is 320 g/mol. The van der Waals surface area contributed by atoms with Gasteiger partial charge in [0, 0.05) is 16.7 Å². The van der Waals surface area contributed by atoms with Gasteiger partial charge in [-0.1, -0.05) is 15.9 Å². The molecule has 1 aromatic carbocycles. The average molecular weight is 341 g/mol. The van der Waals surface area contributed by atoms with E-state index in [9.17, 15) is 4.79 Å². The standard InChI is InChI=1S/C15H21BrN2O2/c1-3-20-14(19)15(9-4-10-18(2)11-15)17-13-7-5-12(16)6-8-13/h5-8,17H,3-4,9-11H2,1-2H3. The predicted octanol–water partition coefficient (Wildman–Crippen LogP) is 2.89. The number of likely N-dealkylation sites (N-methyl/N-ethyl adjacent to an activating group) is 1. The minimum absolute atomic E-state index is 0.158. The number of carbonyl (C=O) groups excluding carboxylic acids is 1. The molecule has 0 radical (unpaired) electrons. The Labute approximate surface area is 128 Å². The molecule has 1 unspecified atom stereocenters. The first-order valence-corrected chi connectivity index (χ1v) is 7.74. The average Bonchev–Trinajstić information content (AvgIpc) is 2.42. The molecule has 2 rings (SSSR count). The Bertz CT molecular complexity index is 463. The van der Waals surface area contributed by atoms with E-state index in [0.717, 1.165) is 29.5 Å². The fraction of sp³-hybridized carbons (Fsp3) is 0.533. The number of halogens is 1. The van der Waals surface area contributed by atoms with Gasteiger partial charge in [-0.25, -0.2) is 4.79 Å². The van der Waals surface area contributed by atoms with Gasteiger partial charge in [0.15, 0.2) is 0 Å². The molecule has 0 aromatic heterocycles. The highest BCUT2D eigenvalue weighted by Gasteiger charge is 2.42. The van der Waals surface area contributed by atoms with Crippen LogP contribution in [0.2, 0.25) is 0 Å². The molecule has 4 nitrogen and oxygen atoms in total. The van der Waals surface area contributed by atoms with Gasteiger partial charge in [0.2, 0.25) is 0 Å². The Kier molecular flexibility index (Phi) is 5.05. The van der Waals surface area contributed by atoms with Crippen LogP contribution >= 0.6 is 15.9 Å². The smallest absolute Gasteiger partial charge is 0.333 e. The molecule has 0 aliphatic carbocycles. The molecule has 5 heteroatoms. The van der Waals surface area contributed by atoms with Crippen molar-refractivity contribution in [2.24, 2.45) is 0 Å². The van der Waals surface area contributed by atoms with Gasteiger partial charge in [0.25, 0.3) is 0 Å². The summed E-state index contributed by atoms with van der Waals surface area (Å²) in [6.07, 6.45) is 1.78. The second-order valence-electron chi connectivity index (χ2n) is 5.28. The number of hydrogen-bond donors (Lipinski definition) is 1. The van der Waals surface area contributed by atoms with Crippen molar-refractivity contribution >= 4 is 27.6 Å². The highest BCUT2D eigenvalue weighted by atomic mass is 79.9. The molecule has 20 heavy (non-hydrogen) atoms. The lowest BCUT2D eigenvalue weighted by Gasteiger charge is -2.40. The number of anilines is 1. The van der Waals surface area contributed by atoms with Gasteiger partial charge in [-0.3, -0.25) is 0 Å². The number of likely N-dealkylation sites (tertiary alicyclic amines) is 1. The van der Waals surface area contributed by atoms with Crippen LogP contribution in [-0.2, 0) is 9.53 Å². The van der Waals surface area contributed by atoms with Crippen molar-refractivity contribution in [2.45, 2.75) is 25.3 Å². The van der Waals surface area contributed by atoms with Crippen molar-refractivity contribution in [2.75, 3.05) is 32.1 Å². The van der Waals surface area contributed by atoms with Crippen molar-refractivity contribution in [3.05, 3.63) is 28.7 Å². The number of carbonyl (C=O) groups is 1. The van der Waals surface area contributed by atoms with Gasteiger partial charge < -0.3 is 15.0 Å². The number of ether oxygens (including phenoxy) is 1. The van der Waals surface area contributed by atoms with Crippen molar-refractivity contribution < 1.29 is 9.53 Å². The van der Waals surface area contributed by atoms with Crippen LogP contribution in [0.15, 0.2) is 28.7 Å². The van der Waals surface area contributed by atoms with Crippen molar-refractivity contribution in [3.63, 3.8) is 0 Å².